The molecule has 11 rings (SSSR count). The van der Waals surface area contributed by atoms with Gasteiger partial charge in [0.1, 0.15) is 11.6 Å². The van der Waals surface area contributed by atoms with Gasteiger partial charge in [-0.25, -0.2) is 9.97 Å². The molecule has 0 aliphatic rings. The normalized spacial score (nSPS) is 12.2. The van der Waals surface area contributed by atoms with Crippen LogP contribution in [0.3, 0.4) is 0 Å². The first kappa shape index (κ1) is 39.5. The van der Waals surface area contributed by atoms with Gasteiger partial charge < -0.3 is 9.55 Å². The fourth-order valence-corrected chi connectivity index (χ4v) is 8.90. The molecule has 0 saturated carbocycles. The molecule has 0 saturated heterocycles. The summed E-state index contributed by atoms with van der Waals surface area (Å²) in [5.74, 6) is 1.70. The van der Waals surface area contributed by atoms with E-state index in [-0.39, 0.29) is 31.9 Å². The first-order valence-electron chi connectivity index (χ1n) is 21.0. The Morgan fingerprint density at radius 3 is 2.11 bits per heavy atom. The molecule has 0 unspecified atom stereocenters. The molecule has 0 aliphatic carbocycles. The van der Waals surface area contributed by atoms with E-state index in [1.54, 1.807) is 0 Å². The summed E-state index contributed by atoms with van der Waals surface area (Å²) in [4.78, 5) is 20.1. The van der Waals surface area contributed by atoms with Gasteiger partial charge in [-0.1, -0.05) is 131 Å². The Balaban J connectivity index is 0.00000458. The molecule has 6 nitrogen and oxygen atoms in total. The van der Waals surface area contributed by atoms with Gasteiger partial charge in [0, 0.05) is 35.4 Å². The molecule has 7 heteroatoms. The summed E-state index contributed by atoms with van der Waals surface area (Å²) >= 11 is 0. The van der Waals surface area contributed by atoms with Crippen LogP contribution in [0.1, 0.15) is 52.7 Å². The summed E-state index contributed by atoms with van der Waals surface area (Å²) in [6.45, 7) is 13.7. The Kier molecular flexibility index (Phi) is 9.42. The monoisotopic (exact) mass is 983 g/mol. The number of aromatic nitrogens is 6. The third-order valence-electron chi connectivity index (χ3n) is 12.2. The third kappa shape index (κ3) is 6.48. The first-order chi connectivity index (χ1) is 29.5. The number of para-hydroxylation sites is 2. The molecule has 0 amide bonds. The summed E-state index contributed by atoms with van der Waals surface area (Å²) in [7, 11) is 0. The van der Waals surface area contributed by atoms with E-state index in [0.29, 0.717) is 0 Å². The summed E-state index contributed by atoms with van der Waals surface area (Å²) in [6, 6.07) is 53.8. The van der Waals surface area contributed by atoms with Crippen molar-refractivity contribution in [1.29, 1.82) is 0 Å². The molecule has 0 atom stereocenters. The maximum absolute atomic E-state index is 5.70. The quantitative estimate of drug-likeness (QED) is 0.161. The van der Waals surface area contributed by atoms with Gasteiger partial charge in [-0.2, -0.15) is 0 Å². The number of fused-ring (bicyclic) bond motifs is 7. The largest absolute Gasteiger partial charge is 2.00 e. The zero-order valence-corrected chi connectivity index (χ0v) is 37.8. The molecule has 11 aromatic rings. The van der Waals surface area contributed by atoms with Crippen molar-refractivity contribution in [3.8, 4) is 45.1 Å². The van der Waals surface area contributed by atoms with Crippen LogP contribution >= 0.6 is 0 Å². The molecular weight excluding hydrogens is 940 g/mol. The minimum absolute atomic E-state index is 0. The van der Waals surface area contributed by atoms with Crippen molar-refractivity contribution in [1.82, 2.24) is 29.1 Å². The molecule has 0 radical (unpaired) electrons. The van der Waals surface area contributed by atoms with Gasteiger partial charge in [0.05, 0.1) is 11.0 Å². The minimum atomic E-state index is -0.160. The van der Waals surface area contributed by atoms with Gasteiger partial charge in [-0.15, -0.1) is 34.8 Å². The smallest absolute Gasteiger partial charge is 0.656 e. The second kappa shape index (κ2) is 14.8. The van der Waals surface area contributed by atoms with Crippen LogP contribution in [-0.4, -0.2) is 24.1 Å². The molecule has 5 aromatic heterocycles. The predicted octanol–water partition coefficient (Wildman–Crippen LogP) is 13.6. The Labute approximate surface area is 375 Å². The van der Waals surface area contributed by atoms with E-state index >= 15 is 0 Å². The van der Waals surface area contributed by atoms with Crippen LogP contribution in [-0.2, 0) is 31.9 Å². The standard InChI is InChI=1S/C55H44N6.Pt/c1-54(2,3)37-13-11-14-39(31-37)60-49-33-38(55(4,5)6)32-44(52(49)59-53(60)43-17-12-16-42-40-15-7-8-18-46(40)58-51(42)43)36-20-22-41-45-29-35(34-24-27-56-28-25-34)21-23-47(45)61(48(41)30-36)50-19-9-10-26-57-50;/h7-29,31-33H,1-6H3;/q-2;+2. The van der Waals surface area contributed by atoms with Crippen LogP contribution in [0.25, 0.3) is 99.8 Å². The molecule has 0 aliphatic heterocycles. The number of nitrogens with zero attached hydrogens (tertiary/aromatic N) is 6. The molecule has 0 N–H and O–H groups in total. The van der Waals surface area contributed by atoms with Crippen molar-refractivity contribution >= 4 is 54.6 Å². The number of rotatable bonds is 5. The van der Waals surface area contributed by atoms with E-state index < -0.39 is 0 Å². The number of imidazole rings is 1. The topological polar surface area (TPSA) is 62.6 Å². The molecule has 0 spiro atoms. The zero-order valence-electron chi connectivity index (χ0n) is 35.5. The fourth-order valence-electron chi connectivity index (χ4n) is 8.90. The van der Waals surface area contributed by atoms with Crippen LogP contribution in [0, 0.1) is 6.07 Å². The Hall–Kier alpha value is -6.62. The van der Waals surface area contributed by atoms with Gasteiger partial charge >= 0.3 is 21.1 Å². The first-order valence-corrected chi connectivity index (χ1v) is 21.0. The number of benzene rings is 6. The van der Waals surface area contributed by atoms with Crippen molar-refractivity contribution in [2.75, 3.05) is 0 Å². The van der Waals surface area contributed by atoms with E-state index in [2.05, 4.69) is 189 Å². The average Bonchev–Trinajstić information content (AvgIpc) is 3.95. The molecule has 62 heavy (non-hydrogen) atoms. The summed E-state index contributed by atoms with van der Waals surface area (Å²) in [5, 5.41) is 4.51. The van der Waals surface area contributed by atoms with Gasteiger partial charge in [0.2, 0.25) is 0 Å². The van der Waals surface area contributed by atoms with Gasteiger partial charge in [-0.3, -0.25) is 9.55 Å². The van der Waals surface area contributed by atoms with E-state index in [0.717, 1.165) is 99.8 Å². The average molecular weight is 984 g/mol. The molecule has 0 bridgehead atoms. The van der Waals surface area contributed by atoms with Crippen LogP contribution in [0.2, 0.25) is 0 Å². The summed E-state index contributed by atoms with van der Waals surface area (Å²) < 4.78 is 4.60. The fraction of sp³-hybridized carbons (Fsp3) is 0.145. The van der Waals surface area contributed by atoms with E-state index in [4.69, 9.17) is 15.0 Å². The van der Waals surface area contributed by atoms with Crippen LogP contribution in [0.5, 0.6) is 0 Å². The van der Waals surface area contributed by atoms with E-state index in [9.17, 15) is 0 Å². The summed E-state index contributed by atoms with van der Waals surface area (Å²) in [6.07, 6.45) is 5.54. The van der Waals surface area contributed by atoms with Crippen molar-refractivity contribution in [3.63, 3.8) is 0 Å². The van der Waals surface area contributed by atoms with Crippen molar-refractivity contribution < 1.29 is 21.1 Å². The predicted molar refractivity (Wildman–Crippen MR) is 252 cm³/mol. The molecule has 6 aromatic carbocycles. The SMILES string of the molecule is CC(C)(C)c1cccc(-n2c(-c3cccc4c3[n-]c3ccccc34)nc3c(-c4[c-]c5c(cc4)c4cc(-c6ccncc6)ccc4n5-c4ccccn4)cc(C(C)(C)C)cc32)c1.[Pt+2]. The van der Waals surface area contributed by atoms with Gasteiger partial charge in [0.25, 0.3) is 0 Å². The third-order valence-corrected chi connectivity index (χ3v) is 12.2. The maximum atomic E-state index is 5.70. The number of hydrogen-bond donors (Lipinski definition) is 0. The van der Waals surface area contributed by atoms with Crippen LogP contribution in [0.4, 0.5) is 0 Å². The number of hydrogen-bond acceptors (Lipinski definition) is 3. The van der Waals surface area contributed by atoms with Crippen molar-refractivity contribution in [2.45, 2.75) is 52.4 Å². The van der Waals surface area contributed by atoms with Crippen molar-refractivity contribution in [2.24, 2.45) is 0 Å². The van der Waals surface area contributed by atoms with Gasteiger partial charge in [0.15, 0.2) is 0 Å². The van der Waals surface area contributed by atoms with Crippen LogP contribution < -0.4 is 4.98 Å². The Morgan fingerprint density at radius 1 is 0.548 bits per heavy atom. The molecule has 304 valence electrons. The van der Waals surface area contributed by atoms with Crippen LogP contribution in [0.15, 0.2) is 158 Å². The zero-order chi connectivity index (χ0) is 41.6. The second-order valence-corrected chi connectivity index (χ2v) is 18.2. The summed E-state index contributed by atoms with van der Waals surface area (Å²) in [5.41, 5.74) is 14.5. The molecular formula is C55H44N6Pt. The van der Waals surface area contributed by atoms with E-state index in [1.165, 1.54) is 11.1 Å². The number of pyridine rings is 2. The van der Waals surface area contributed by atoms with E-state index in [1.807, 2.05) is 30.7 Å². The molecule has 0 fully saturated rings. The molecule has 5 heterocycles. The van der Waals surface area contributed by atoms with Gasteiger partial charge in [-0.05, 0) is 103 Å². The minimum Gasteiger partial charge on any atom is -0.656 e. The van der Waals surface area contributed by atoms with Crippen molar-refractivity contribution in [3.05, 3.63) is 175 Å². The maximum Gasteiger partial charge on any atom is 2.00 e. The Morgan fingerprint density at radius 2 is 1.32 bits per heavy atom. The Bertz CT molecular complexity index is 3490. The second-order valence-electron chi connectivity index (χ2n) is 18.2.